The number of aromatic nitrogens is 1. The highest BCUT2D eigenvalue weighted by molar-refractivity contribution is 5.91. The van der Waals surface area contributed by atoms with Crippen LogP contribution < -0.4 is 5.73 Å². The molecule has 0 radical (unpaired) electrons. The lowest BCUT2D eigenvalue weighted by atomic mass is 10.1. The molecule has 2 rings (SSSR count). The molecule has 1 heterocycles. The van der Waals surface area contributed by atoms with E-state index < -0.39 is 0 Å². The highest BCUT2D eigenvalue weighted by Gasteiger charge is 2.07. The molecule has 0 saturated heterocycles. The number of fused-ring (bicyclic) bond motifs is 1. The second kappa shape index (κ2) is 3.91. The van der Waals surface area contributed by atoms with Crippen LogP contribution in [0.25, 0.3) is 17.0 Å². The molecule has 2 N–H and O–H groups in total. The van der Waals surface area contributed by atoms with Gasteiger partial charge in [0.25, 0.3) is 0 Å². The molecule has 2 heteroatoms. The molecule has 2 nitrogen and oxygen atoms in total. The number of para-hydroxylation sites is 1. The average Bonchev–Trinajstić information content (AvgIpc) is 2.51. The van der Waals surface area contributed by atoms with Gasteiger partial charge in [0.1, 0.15) is 0 Å². The molecule has 0 atom stereocenters. The zero-order chi connectivity index (χ0) is 10.8. The monoisotopic (exact) mass is 200 g/mol. The summed E-state index contributed by atoms with van der Waals surface area (Å²) in [5.74, 6) is 0. The summed E-state index contributed by atoms with van der Waals surface area (Å²) in [6.07, 6.45) is 4.10. The number of nitrogens with zero attached hydrogens (tertiary/aromatic N) is 1. The van der Waals surface area contributed by atoms with Gasteiger partial charge in [-0.25, -0.2) is 0 Å². The molecular weight excluding hydrogens is 184 g/mol. The summed E-state index contributed by atoms with van der Waals surface area (Å²) in [4.78, 5) is 0. The molecule has 78 valence electrons. The van der Waals surface area contributed by atoms with E-state index in [4.69, 9.17) is 5.73 Å². The Hall–Kier alpha value is -1.54. The lowest BCUT2D eigenvalue weighted by Crippen LogP contribution is -1.93. The number of rotatable bonds is 2. The van der Waals surface area contributed by atoms with E-state index in [9.17, 15) is 0 Å². The fraction of sp³-hybridized carbons (Fsp3) is 0.231. The van der Waals surface area contributed by atoms with Crippen LogP contribution in [0.2, 0.25) is 0 Å². The first kappa shape index (κ1) is 9.99. The normalized spacial score (nSPS) is 11.7. The summed E-state index contributed by atoms with van der Waals surface area (Å²) in [7, 11) is 2.09. The maximum Gasteiger partial charge on any atom is 0.0486 e. The third-order valence-electron chi connectivity index (χ3n) is 2.87. The largest absolute Gasteiger partial charge is 0.347 e. The molecule has 0 fully saturated rings. The summed E-state index contributed by atoms with van der Waals surface area (Å²) in [6.45, 7) is 2.72. The van der Waals surface area contributed by atoms with Gasteiger partial charge >= 0.3 is 0 Å². The van der Waals surface area contributed by atoms with Crippen LogP contribution in [0.4, 0.5) is 0 Å². The Labute approximate surface area is 90.0 Å². The molecule has 0 aliphatic carbocycles. The molecule has 0 saturated carbocycles. The Morgan fingerprint density at radius 1 is 1.33 bits per heavy atom. The van der Waals surface area contributed by atoms with Crippen LogP contribution in [0.3, 0.4) is 0 Å². The molecule has 0 bridgehead atoms. The number of nitrogens with two attached hydrogens (primary N) is 1. The Morgan fingerprint density at radius 3 is 2.80 bits per heavy atom. The molecule has 0 aliphatic rings. The molecule has 2 aromatic rings. The van der Waals surface area contributed by atoms with Gasteiger partial charge in [0, 0.05) is 35.8 Å². The minimum Gasteiger partial charge on any atom is -0.347 e. The van der Waals surface area contributed by atoms with Crippen molar-refractivity contribution in [2.75, 3.05) is 6.54 Å². The summed E-state index contributed by atoms with van der Waals surface area (Å²) in [5, 5.41) is 1.29. The number of hydrogen-bond acceptors (Lipinski definition) is 1. The minimum atomic E-state index is 0.586. The van der Waals surface area contributed by atoms with Gasteiger partial charge in [-0.2, -0.15) is 0 Å². The van der Waals surface area contributed by atoms with Gasteiger partial charge < -0.3 is 10.3 Å². The van der Waals surface area contributed by atoms with Crippen LogP contribution in [0.5, 0.6) is 0 Å². The molecule has 15 heavy (non-hydrogen) atoms. The maximum atomic E-state index is 5.48. The molecule has 0 aliphatic heterocycles. The van der Waals surface area contributed by atoms with Crippen molar-refractivity contribution in [3.05, 3.63) is 41.6 Å². The average molecular weight is 200 g/mol. The van der Waals surface area contributed by atoms with Gasteiger partial charge in [0.05, 0.1) is 0 Å². The molecule has 0 spiro atoms. The second-order valence-electron chi connectivity index (χ2n) is 3.71. The first-order chi connectivity index (χ1) is 7.25. The SMILES string of the molecule is Cc1c(C=CCN)c2ccccc2n1C. The van der Waals surface area contributed by atoms with E-state index in [0.717, 1.165) is 0 Å². The standard InChI is InChI=1S/C13H16N2/c1-10-11(7-5-9-14)12-6-3-4-8-13(12)15(10)2/h3-8H,9,14H2,1-2H3. The van der Waals surface area contributed by atoms with Crippen LogP contribution in [-0.4, -0.2) is 11.1 Å². The van der Waals surface area contributed by atoms with Crippen molar-refractivity contribution in [1.82, 2.24) is 4.57 Å². The van der Waals surface area contributed by atoms with E-state index in [1.54, 1.807) is 0 Å². The summed E-state index contributed by atoms with van der Waals surface area (Å²) in [5.41, 5.74) is 9.31. The maximum absolute atomic E-state index is 5.48. The van der Waals surface area contributed by atoms with Gasteiger partial charge in [-0.15, -0.1) is 0 Å². The van der Waals surface area contributed by atoms with Crippen molar-refractivity contribution in [1.29, 1.82) is 0 Å². The zero-order valence-corrected chi connectivity index (χ0v) is 9.20. The Morgan fingerprint density at radius 2 is 2.07 bits per heavy atom. The van der Waals surface area contributed by atoms with E-state index in [1.807, 2.05) is 6.08 Å². The number of benzene rings is 1. The predicted molar refractivity (Wildman–Crippen MR) is 65.7 cm³/mol. The van der Waals surface area contributed by atoms with Crippen molar-refractivity contribution in [2.24, 2.45) is 12.8 Å². The van der Waals surface area contributed by atoms with Gasteiger partial charge in [-0.1, -0.05) is 30.4 Å². The fourth-order valence-electron chi connectivity index (χ4n) is 1.95. The molecular formula is C13H16N2. The lowest BCUT2D eigenvalue weighted by Gasteiger charge is -1.97. The van der Waals surface area contributed by atoms with Crippen molar-refractivity contribution in [2.45, 2.75) is 6.92 Å². The van der Waals surface area contributed by atoms with E-state index in [1.165, 1.54) is 22.2 Å². The van der Waals surface area contributed by atoms with Crippen LogP contribution in [0, 0.1) is 6.92 Å². The second-order valence-corrected chi connectivity index (χ2v) is 3.71. The van der Waals surface area contributed by atoms with Crippen molar-refractivity contribution >= 4 is 17.0 Å². The molecule has 1 aromatic heterocycles. The Balaban J connectivity index is 2.72. The quantitative estimate of drug-likeness (QED) is 0.793. The third kappa shape index (κ3) is 1.57. The number of hydrogen-bond donors (Lipinski definition) is 1. The predicted octanol–water partition coefficient (Wildman–Crippen LogP) is 2.46. The smallest absolute Gasteiger partial charge is 0.0486 e. The van der Waals surface area contributed by atoms with Crippen LogP contribution in [-0.2, 0) is 7.05 Å². The van der Waals surface area contributed by atoms with E-state index in [2.05, 4.69) is 48.9 Å². The van der Waals surface area contributed by atoms with Crippen molar-refractivity contribution in [3.8, 4) is 0 Å². The van der Waals surface area contributed by atoms with Crippen LogP contribution in [0.15, 0.2) is 30.3 Å². The zero-order valence-electron chi connectivity index (χ0n) is 9.20. The molecule has 0 unspecified atom stereocenters. The van der Waals surface area contributed by atoms with Gasteiger partial charge in [0.15, 0.2) is 0 Å². The highest BCUT2D eigenvalue weighted by Crippen LogP contribution is 2.25. The highest BCUT2D eigenvalue weighted by atomic mass is 14.9. The summed E-state index contributed by atoms with van der Waals surface area (Å²) in [6, 6.07) is 8.43. The van der Waals surface area contributed by atoms with E-state index in [0.29, 0.717) is 6.54 Å². The lowest BCUT2D eigenvalue weighted by molar-refractivity contribution is 0.916. The molecule has 0 amide bonds. The number of aryl methyl sites for hydroxylation is 1. The van der Waals surface area contributed by atoms with Crippen LogP contribution >= 0.6 is 0 Å². The third-order valence-corrected chi connectivity index (χ3v) is 2.87. The summed E-state index contributed by atoms with van der Waals surface area (Å²) >= 11 is 0. The Bertz CT molecular complexity index is 506. The van der Waals surface area contributed by atoms with Crippen LogP contribution in [0.1, 0.15) is 11.3 Å². The van der Waals surface area contributed by atoms with Crippen molar-refractivity contribution in [3.63, 3.8) is 0 Å². The van der Waals surface area contributed by atoms with Gasteiger partial charge in [-0.05, 0) is 13.0 Å². The topological polar surface area (TPSA) is 30.9 Å². The summed E-state index contributed by atoms with van der Waals surface area (Å²) < 4.78 is 2.21. The Kier molecular flexibility index (Phi) is 2.60. The van der Waals surface area contributed by atoms with E-state index in [-0.39, 0.29) is 0 Å². The fourth-order valence-corrected chi connectivity index (χ4v) is 1.95. The van der Waals surface area contributed by atoms with Gasteiger partial charge in [0.2, 0.25) is 0 Å². The van der Waals surface area contributed by atoms with E-state index >= 15 is 0 Å². The first-order valence-corrected chi connectivity index (χ1v) is 5.16. The molecule has 1 aromatic carbocycles. The minimum absolute atomic E-state index is 0.586. The first-order valence-electron chi connectivity index (χ1n) is 5.16. The van der Waals surface area contributed by atoms with Gasteiger partial charge in [-0.3, -0.25) is 0 Å². The van der Waals surface area contributed by atoms with Crippen molar-refractivity contribution < 1.29 is 0 Å².